The first-order valence-corrected chi connectivity index (χ1v) is 10.6. The maximum absolute atomic E-state index is 6.03. The minimum absolute atomic E-state index is 0.410. The van der Waals surface area contributed by atoms with E-state index in [0.717, 1.165) is 61.6 Å². The number of ether oxygens (including phenoxy) is 1. The normalized spacial score (nSPS) is 15.4. The Balaban J connectivity index is 1.37. The molecule has 0 bridgehead atoms. The third kappa shape index (κ3) is 4.02. The molecule has 0 amide bonds. The number of piperazine rings is 1. The maximum Gasteiger partial charge on any atom is 0.266 e. The fourth-order valence-electron chi connectivity index (χ4n) is 3.89. The van der Waals surface area contributed by atoms with Crippen LogP contribution in [0.5, 0.6) is 5.88 Å². The largest absolute Gasteiger partial charge is 0.480 e. The Morgan fingerprint density at radius 3 is 2.69 bits per heavy atom. The van der Waals surface area contributed by atoms with Crippen molar-refractivity contribution in [3.63, 3.8) is 0 Å². The van der Waals surface area contributed by atoms with E-state index in [1.807, 2.05) is 28.8 Å². The standard InChI is InChI=1S/C22H26N8O2/c1-28-7-9-29(10-8-28)6-5-20-26-27-22(32-20)18-13-24-19-4-3-15(14-30(18)19)16-11-17(23)21(31-2)25-12-16/h3-4,11-14H,5-10,23H2,1-2H3. The van der Waals surface area contributed by atoms with Gasteiger partial charge in [-0.15, -0.1) is 10.2 Å². The number of fused-ring (bicyclic) bond motifs is 1. The number of nitrogens with two attached hydrogens (primary N) is 1. The summed E-state index contributed by atoms with van der Waals surface area (Å²) in [5, 5.41) is 8.52. The molecular weight excluding hydrogens is 408 g/mol. The summed E-state index contributed by atoms with van der Waals surface area (Å²) in [6.07, 6.45) is 6.18. The second kappa shape index (κ2) is 8.56. The zero-order valence-corrected chi connectivity index (χ0v) is 18.2. The third-order valence-electron chi connectivity index (χ3n) is 5.83. The molecule has 4 aromatic heterocycles. The third-order valence-corrected chi connectivity index (χ3v) is 5.83. The number of hydrogen-bond donors (Lipinski definition) is 1. The van der Waals surface area contributed by atoms with Gasteiger partial charge in [0, 0.05) is 62.7 Å². The van der Waals surface area contributed by atoms with Crippen molar-refractivity contribution >= 4 is 11.3 Å². The van der Waals surface area contributed by atoms with Crippen molar-refractivity contribution in [3.05, 3.63) is 42.7 Å². The number of hydrogen-bond acceptors (Lipinski definition) is 9. The van der Waals surface area contributed by atoms with Gasteiger partial charge in [0.2, 0.25) is 11.8 Å². The summed E-state index contributed by atoms with van der Waals surface area (Å²) in [5.74, 6) is 1.50. The van der Waals surface area contributed by atoms with Crippen molar-refractivity contribution in [1.29, 1.82) is 0 Å². The minimum atomic E-state index is 0.410. The highest BCUT2D eigenvalue weighted by molar-refractivity contribution is 5.70. The van der Waals surface area contributed by atoms with E-state index in [1.165, 1.54) is 0 Å². The highest BCUT2D eigenvalue weighted by Gasteiger charge is 2.17. The average molecular weight is 435 g/mol. The predicted molar refractivity (Wildman–Crippen MR) is 120 cm³/mol. The van der Waals surface area contributed by atoms with Gasteiger partial charge in [-0.2, -0.15) is 0 Å². The van der Waals surface area contributed by atoms with Gasteiger partial charge in [0.25, 0.3) is 5.89 Å². The molecule has 5 rings (SSSR count). The van der Waals surface area contributed by atoms with Crippen molar-refractivity contribution in [2.75, 3.05) is 52.6 Å². The Bertz CT molecular complexity index is 1230. The zero-order valence-electron chi connectivity index (χ0n) is 18.2. The lowest BCUT2D eigenvalue weighted by Crippen LogP contribution is -2.45. The number of likely N-dealkylation sites (N-methyl/N-ethyl adjacent to an activating group) is 1. The molecule has 0 saturated carbocycles. The summed E-state index contributed by atoms with van der Waals surface area (Å²) in [4.78, 5) is 13.5. The molecule has 1 aliphatic heterocycles. The number of nitrogens with zero attached hydrogens (tertiary/aromatic N) is 7. The Morgan fingerprint density at radius 2 is 1.91 bits per heavy atom. The van der Waals surface area contributed by atoms with Crippen LogP contribution in [0.3, 0.4) is 0 Å². The lowest BCUT2D eigenvalue weighted by molar-refractivity contribution is 0.153. The van der Waals surface area contributed by atoms with Gasteiger partial charge in [0.05, 0.1) is 19.0 Å². The van der Waals surface area contributed by atoms with E-state index in [1.54, 1.807) is 19.5 Å². The van der Waals surface area contributed by atoms with Crippen molar-refractivity contribution in [1.82, 2.24) is 34.4 Å². The molecule has 0 atom stereocenters. The number of imidazole rings is 1. The topological polar surface area (TPSA) is 111 Å². The molecule has 0 radical (unpaired) electrons. The monoisotopic (exact) mass is 434 g/mol. The van der Waals surface area contributed by atoms with Crippen LogP contribution in [0.25, 0.3) is 28.4 Å². The Labute approximate surface area is 185 Å². The minimum Gasteiger partial charge on any atom is -0.480 e. The van der Waals surface area contributed by atoms with E-state index >= 15 is 0 Å². The van der Waals surface area contributed by atoms with Crippen molar-refractivity contribution < 1.29 is 9.15 Å². The number of methoxy groups -OCH3 is 1. The maximum atomic E-state index is 6.03. The highest BCUT2D eigenvalue weighted by atomic mass is 16.5. The Kier molecular flexibility index (Phi) is 5.46. The number of anilines is 1. The molecule has 4 aromatic rings. The molecule has 0 spiro atoms. The SMILES string of the molecule is COc1ncc(-c2ccc3ncc(-c4nnc(CCN5CCN(C)CC5)o4)n3c2)cc1N. The van der Waals surface area contributed by atoms with E-state index in [9.17, 15) is 0 Å². The molecule has 2 N–H and O–H groups in total. The summed E-state index contributed by atoms with van der Waals surface area (Å²) < 4.78 is 13.1. The van der Waals surface area contributed by atoms with Crippen molar-refractivity contribution in [3.8, 4) is 28.6 Å². The van der Waals surface area contributed by atoms with Crippen LogP contribution in [-0.2, 0) is 6.42 Å². The van der Waals surface area contributed by atoms with Crippen LogP contribution in [0, 0.1) is 0 Å². The number of aromatic nitrogens is 5. The summed E-state index contributed by atoms with van der Waals surface area (Å²) in [5.41, 5.74) is 9.86. The number of rotatable bonds is 6. The van der Waals surface area contributed by atoms with Crippen LogP contribution in [0.2, 0.25) is 0 Å². The van der Waals surface area contributed by atoms with Crippen molar-refractivity contribution in [2.45, 2.75) is 6.42 Å². The molecule has 10 heteroatoms. The molecule has 10 nitrogen and oxygen atoms in total. The van der Waals surface area contributed by atoms with E-state index in [-0.39, 0.29) is 0 Å². The molecule has 0 aromatic carbocycles. The first kappa shape index (κ1) is 20.4. The molecule has 1 saturated heterocycles. The summed E-state index contributed by atoms with van der Waals surface area (Å²) in [7, 11) is 3.70. The first-order valence-electron chi connectivity index (χ1n) is 10.6. The molecular formula is C22H26N8O2. The number of pyridine rings is 2. The van der Waals surface area contributed by atoms with E-state index in [4.69, 9.17) is 14.9 Å². The molecule has 5 heterocycles. The summed E-state index contributed by atoms with van der Waals surface area (Å²) in [6, 6.07) is 5.75. The Hall–Kier alpha value is -3.50. The fourth-order valence-corrected chi connectivity index (χ4v) is 3.89. The quantitative estimate of drug-likeness (QED) is 0.486. The van der Waals surface area contributed by atoms with Crippen LogP contribution in [-0.4, -0.2) is 81.2 Å². The second-order valence-corrected chi connectivity index (χ2v) is 8.01. The molecule has 0 unspecified atom stereocenters. The van der Waals surface area contributed by atoms with Crippen molar-refractivity contribution in [2.24, 2.45) is 0 Å². The average Bonchev–Trinajstić information content (AvgIpc) is 3.45. The summed E-state index contributed by atoms with van der Waals surface area (Å²) in [6.45, 7) is 5.23. The zero-order chi connectivity index (χ0) is 22.1. The van der Waals surface area contributed by atoms with Crippen LogP contribution >= 0.6 is 0 Å². The smallest absolute Gasteiger partial charge is 0.266 e. The predicted octanol–water partition coefficient (Wildman–Crippen LogP) is 1.83. The Morgan fingerprint density at radius 1 is 1.06 bits per heavy atom. The number of nitrogen functional groups attached to an aromatic ring is 1. The van der Waals surface area contributed by atoms with Gasteiger partial charge in [0.1, 0.15) is 11.3 Å². The van der Waals surface area contributed by atoms with E-state index < -0.39 is 0 Å². The summed E-state index contributed by atoms with van der Waals surface area (Å²) >= 11 is 0. The molecule has 0 aliphatic carbocycles. The van der Waals surface area contributed by atoms with Gasteiger partial charge in [-0.25, -0.2) is 9.97 Å². The van der Waals surface area contributed by atoms with E-state index in [2.05, 4.69) is 37.0 Å². The molecule has 166 valence electrons. The van der Waals surface area contributed by atoms with Gasteiger partial charge in [-0.3, -0.25) is 4.40 Å². The highest BCUT2D eigenvalue weighted by Crippen LogP contribution is 2.28. The van der Waals surface area contributed by atoms with Crippen LogP contribution in [0.1, 0.15) is 5.89 Å². The fraction of sp³-hybridized carbons (Fsp3) is 0.364. The van der Waals surface area contributed by atoms with Crippen LogP contribution in [0.15, 0.2) is 41.2 Å². The van der Waals surface area contributed by atoms with Gasteiger partial charge in [0.15, 0.2) is 0 Å². The van der Waals surface area contributed by atoms with E-state index in [0.29, 0.717) is 23.3 Å². The van der Waals surface area contributed by atoms with Crippen LogP contribution < -0.4 is 10.5 Å². The molecule has 1 fully saturated rings. The molecule has 1 aliphatic rings. The lowest BCUT2D eigenvalue weighted by Gasteiger charge is -2.31. The van der Waals surface area contributed by atoms with Crippen LogP contribution in [0.4, 0.5) is 5.69 Å². The lowest BCUT2D eigenvalue weighted by atomic mass is 10.1. The van der Waals surface area contributed by atoms with Gasteiger partial charge in [-0.05, 0) is 25.2 Å². The van der Waals surface area contributed by atoms with Gasteiger partial charge in [-0.1, -0.05) is 0 Å². The first-order chi connectivity index (χ1) is 15.6. The molecule has 32 heavy (non-hydrogen) atoms. The second-order valence-electron chi connectivity index (χ2n) is 8.01. The van der Waals surface area contributed by atoms with Gasteiger partial charge >= 0.3 is 0 Å². The van der Waals surface area contributed by atoms with Gasteiger partial charge < -0.3 is 24.7 Å².